The zero-order valence-electron chi connectivity index (χ0n) is 20.3. The van der Waals surface area contributed by atoms with E-state index in [1.54, 1.807) is 7.11 Å². The van der Waals surface area contributed by atoms with Crippen molar-refractivity contribution in [1.29, 1.82) is 0 Å². The number of ether oxygens (including phenoxy) is 1. The number of anilines is 1. The van der Waals surface area contributed by atoms with E-state index in [-0.39, 0.29) is 30.2 Å². The van der Waals surface area contributed by atoms with Crippen molar-refractivity contribution in [3.05, 3.63) is 53.3 Å². The highest BCUT2D eigenvalue weighted by Crippen LogP contribution is 2.32. The first-order valence-electron chi connectivity index (χ1n) is 11.9. The molecule has 0 radical (unpaired) electrons. The molecule has 2 heterocycles. The van der Waals surface area contributed by atoms with Crippen molar-refractivity contribution >= 4 is 17.6 Å². The lowest BCUT2D eigenvalue weighted by Gasteiger charge is -2.36. The largest absolute Gasteiger partial charge is 0.481 e. The van der Waals surface area contributed by atoms with Gasteiger partial charge < -0.3 is 24.6 Å². The highest BCUT2D eigenvalue weighted by Gasteiger charge is 2.22. The highest BCUT2D eigenvalue weighted by atomic mass is 19.1. The zero-order valence-corrected chi connectivity index (χ0v) is 20.3. The molecule has 0 aliphatic carbocycles. The van der Waals surface area contributed by atoms with E-state index in [9.17, 15) is 14.0 Å². The zero-order chi connectivity index (χ0) is 25.7. The number of nitrogens with one attached hydrogen (secondary N) is 1. The predicted octanol–water partition coefficient (Wildman–Crippen LogP) is 4.27. The summed E-state index contributed by atoms with van der Waals surface area (Å²) in [5, 5.41) is 15.0. The standard InChI is InChI=1S/C26H29FN4O5/c1-16-5-3-4-12-31(16)22-9-7-18(13-19(22)15-35-2)26-29-24(30-36-26)17-6-8-20(21(27)14-17)25(34)28-11-10-23(32)33/h6-9,13-14,16H,3-5,10-12,15H2,1-2H3,(H,28,34)(H,32,33). The Morgan fingerprint density at radius 1 is 1.22 bits per heavy atom. The van der Waals surface area contributed by atoms with Crippen molar-refractivity contribution in [1.82, 2.24) is 15.5 Å². The van der Waals surface area contributed by atoms with E-state index in [0.29, 0.717) is 18.2 Å². The van der Waals surface area contributed by atoms with Gasteiger partial charge in [-0.1, -0.05) is 11.2 Å². The number of aromatic nitrogens is 2. The number of methoxy groups -OCH3 is 1. The number of amides is 1. The van der Waals surface area contributed by atoms with Gasteiger partial charge in [0.2, 0.25) is 5.82 Å². The first-order valence-corrected chi connectivity index (χ1v) is 11.9. The summed E-state index contributed by atoms with van der Waals surface area (Å²) in [6.45, 7) is 3.58. The maximum Gasteiger partial charge on any atom is 0.305 e. The Kier molecular flexibility index (Phi) is 7.94. The molecular weight excluding hydrogens is 467 g/mol. The molecule has 190 valence electrons. The van der Waals surface area contributed by atoms with Gasteiger partial charge in [0.25, 0.3) is 11.8 Å². The van der Waals surface area contributed by atoms with Gasteiger partial charge in [0, 0.05) is 48.6 Å². The first-order chi connectivity index (χ1) is 17.4. The van der Waals surface area contributed by atoms with Crippen LogP contribution in [0.1, 0.15) is 48.5 Å². The molecule has 1 saturated heterocycles. The molecule has 2 aromatic carbocycles. The van der Waals surface area contributed by atoms with Gasteiger partial charge in [-0.2, -0.15) is 4.98 Å². The SMILES string of the molecule is COCc1cc(-c2nc(-c3ccc(C(=O)NCCC(=O)O)c(F)c3)no2)ccc1N1CCCCC1C. The predicted molar refractivity (Wildman–Crippen MR) is 131 cm³/mol. The molecule has 1 aromatic heterocycles. The minimum absolute atomic E-state index is 0.0932. The van der Waals surface area contributed by atoms with Crippen LogP contribution in [-0.4, -0.2) is 53.4 Å². The molecule has 1 atom stereocenters. The number of carboxylic acid groups (broad SMARTS) is 1. The molecule has 1 fully saturated rings. The number of benzene rings is 2. The van der Waals surface area contributed by atoms with Crippen LogP contribution in [0.3, 0.4) is 0 Å². The number of hydrogen-bond donors (Lipinski definition) is 2. The summed E-state index contributed by atoms with van der Waals surface area (Å²) in [6.07, 6.45) is 3.30. The maximum absolute atomic E-state index is 14.6. The number of halogens is 1. The third-order valence-corrected chi connectivity index (χ3v) is 6.26. The van der Waals surface area contributed by atoms with Gasteiger partial charge in [-0.3, -0.25) is 9.59 Å². The fourth-order valence-corrected chi connectivity index (χ4v) is 4.40. The van der Waals surface area contributed by atoms with Crippen LogP contribution in [-0.2, 0) is 16.1 Å². The van der Waals surface area contributed by atoms with Crippen molar-refractivity contribution in [3.63, 3.8) is 0 Å². The Balaban J connectivity index is 1.54. The molecule has 0 bridgehead atoms. The van der Waals surface area contributed by atoms with E-state index in [2.05, 4.69) is 27.3 Å². The Morgan fingerprint density at radius 2 is 2.03 bits per heavy atom. The summed E-state index contributed by atoms with van der Waals surface area (Å²) in [7, 11) is 1.66. The molecule has 4 rings (SSSR count). The molecule has 0 saturated carbocycles. The fraction of sp³-hybridized carbons (Fsp3) is 0.385. The minimum atomic E-state index is -1.05. The van der Waals surface area contributed by atoms with E-state index in [4.69, 9.17) is 14.4 Å². The second-order valence-electron chi connectivity index (χ2n) is 8.83. The van der Waals surface area contributed by atoms with Crippen LogP contribution in [0.5, 0.6) is 0 Å². The Morgan fingerprint density at radius 3 is 2.75 bits per heavy atom. The number of carbonyl (C=O) groups excluding carboxylic acids is 1. The lowest BCUT2D eigenvalue weighted by molar-refractivity contribution is -0.136. The van der Waals surface area contributed by atoms with Gasteiger partial charge in [-0.05, 0) is 56.5 Å². The van der Waals surface area contributed by atoms with E-state index in [1.165, 1.54) is 18.6 Å². The number of aliphatic carboxylic acids is 1. The van der Waals surface area contributed by atoms with Crippen molar-refractivity contribution in [2.24, 2.45) is 0 Å². The van der Waals surface area contributed by atoms with Crippen LogP contribution >= 0.6 is 0 Å². The summed E-state index contributed by atoms with van der Waals surface area (Å²) < 4.78 is 25.5. The van der Waals surface area contributed by atoms with Crippen LogP contribution in [0.4, 0.5) is 10.1 Å². The Bertz CT molecular complexity index is 1240. The lowest BCUT2D eigenvalue weighted by Crippen LogP contribution is -2.38. The molecule has 1 aliphatic heterocycles. The van der Waals surface area contributed by atoms with Crippen LogP contribution in [0.2, 0.25) is 0 Å². The van der Waals surface area contributed by atoms with Crippen molar-refractivity contribution < 1.29 is 28.3 Å². The van der Waals surface area contributed by atoms with Gasteiger partial charge in [0.1, 0.15) is 5.82 Å². The van der Waals surface area contributed by atoms with Crippen LogP contribution < -0.4 is 10.2 Å². The first kappa shape index (κ1) is 25.3. The smallest absolute Gasteiger partial charge is 0.305 e. The van der Waals surface area contributed by atoms with E-state index < -0.39 is 17.7 Å². The van der Waals surface area contributed by atoms with Crippen molar-refractivity contribution in [2.45, 2.75) is 45.3 Å². The molecule has 1 aliphatic rings. The summed E-state index contributed by atoms with van der Waals surface area (Å²) >= 11 is 0. The monoisotopic (exact) mass is 496 g/mol. The van der Waals surface area contributed by atoms with Crippen LogP contribution in [0.15, 0.2) is 40.9 Å². The third-order valence-electron chi connectivity index (χ3n) is 6.26. The molecule has 36 heavy (non-hydrogen) atoms. The number of piperidine rings is 1. The summed E-state index contributed by atoms with van der Waals surface area (Å²) in [6, 6.07) is 10.4. The molecule has 3 aromatic rings. The van der Waals surface area contributed by atoms with Crippen LogP contribution in [0.25, 0.3) is 22.8 Å². The third kappa shape index (κ3) is 5.71. The Hall–Kier alpha value is -3.79. The highest BCUT2D eigenvalue weighted by molar-refractivity contribution is 5.95. The topological polar surface area (TPSA) is 118 Å². The van der Waals surface area contributed by atoms with Crippen molar-refractivity contribution in [3.8, 4) is 22.8 Å². The number of nitrogens with zero attached hydrogens (tertiary/aromatic N) is 3. The molecule has 1 amide bonds. The van der Waals surface area contributed by atoms with E-state index in [0.717, 1.165) is 42.3 Å². The lowest BCUT2D eigenvalue weighted by atomic mass is 10.00. The second kappa shape index (κ2) is 11.3. The second-order valence-corrected chi connectivity index (χ2v) is 8.83. The van der Waals surface area contributed by atoms with E-state index in [1.807, 2.05) is 18.2 Å². The van der Waals surface area contributed by atoms with Gasteiger partial charge >= 0.3 is 5.97 Å². The van der Waals surface area contributed by atoms with Gasteiger partial charge in [0.05, 0.1) is 18.6 Å². The minimum Gasteiger partial charge on any atom is -0.481 e. The normalized spacial score (nSPS) is 15.6. The molecule has 10 heteroatoms. The summed E-state index contributed by atoms with van der Waals surface area (Å²) in [5.41, 5.74) is 3.03. The summed E-state index contributed by atoms with van der Waals surface area (Å²) in [5.74, 6) is -2.04. The molecule has 1 unspecified atom stereocenters. The molecule has 2 N–H and O–H groups in total. The average Bonchev–Trinajstić information content (AvgIpc) is 3.35. The average molecular weight is 497 g/mol. The molecule has 0 spiro atoms. The number of rotatable bonds is 9. The van der Waals surface area contributed by atoms with Gasteiger partial charge in [-0.25, -0.2) is 4.39 Å². The quantitative estimate of drug-likeness (QED) is 0.451. The van der Waals surface area contributed by atoms with Crippen molar-refractivity contribution in [2.75, 3.05) is 25.1 Å². The summed E-state index contributed by atoms with van der Waals surface area (Å²) in [4.78, 5) is 29.5. The van der Waals surface area contributed by atoms with E-state index >= 15 is 0 Å². The molecule has 9 nitrogen and oxygen atoms in total. The van der Waals surface area contributed by atoms with Gasteiger partial charge in [0.15, 0.2) is 0 Å². The van der Waals surface area contributed by atoms with Gasteiger partial charge in [-0.15, -0.1) is 0 Å². The maximum atomic E-state index is 14.6. The molecular formula is C26H29FN4O5. The fourth-order valence-electron chi connectivity index (χ4n) is 4.40. The Labute approximate surface area is 208 Å². The number of hydrogen-bond acceptors (Lipinski definition) is 7. The number of carbonyl (C=O) groups is 2. The van der Waals surface area contributed by atoms with Crippen LogP contribution in [0, 0.1) is 5.82 Å². The number of carboxylic acids is 1.